The van der Waals surface area contributed by atoms with Gasteiger partial charge < -0.3 is 0 Å². The summed E-state index contributed by atoms with van der Waals surface area (Å²) in [4.78, 5) is 11.8. The fraction of sp³-hybridized carbons (Fsp3) is 0.850. The quantitative estimate of drug-likeness (QED) is 0.562. The molecule has 4 rings (SSSR count). The lowest BCUT2D eigenvalue weighted by Crippen LogP contribution is -2.47. The molecular weight excluding hydrogens is 256 g/mol. The van der Waals surface area contributed by atoms with Crippen molar-refractivity contribution >= 4 is 5.78 Å². The summed E-state index contributed by atoms with van der Waals surface area (Å²) >= 11 is 0. The van der Waals surface area contributed by atoms with Crippen LogP contribution >= 0.6 is 0 Å². The van der Waals surface area contributed by atoms with E-state index in [-0.39, 0.29) is 0 Å². The summed E-state index contributed by atoms with van der Waals surface area (Å²) in [7, 11) is 0. The zero-order chi connectivity index (χ0) is 14.6. The summed E-state index contributed by atoms with van der Waals surface area (Å²) in [6, 6.07) is 0. The van der Waals surface area contributed by atoms with Gasteiger partial charge in [0.1, 0.15) is 5.78 Å². The Labute approximate surface area is 129 Å². The minimum atomic E-state index is 0.521. The third-order valence-corrected chi connectivity index (χ3v) is 7.96. The topological polar surface area (TPSA) is 17.1 Å². The number of allylic oxidation sites excluding steroid dienone is 2. The van der Waals surface area contributed by atoms with E-state index in [2.05, 4.69) is 19.9 Å². The van der Waals surface area contributed by atoms with E-state index in [1.807, 2.05) is 0 Å². The molecule has 0 aliphatic heterocycles. The molecule has 4 saturated carbocycles. The molecule has 1 nitrogen and oxygen atoms in total. The van der Waals surface area contributed by atoms with Crippen LogP contribution in [0.25, 0.3) is 0 Å². The second-order valence-corrected chi connectivity index (χ2v) is 8.53. The number of rotatable bonds is 0. The first kappa shape index (κ1) is 14.0. The fourth-order valence-corrected chi connectivity index (χ4v) is 6.98. The fourth-order valence-electron chi connectivity index (χ4n) is 6.98. The molecule has 0 amide bonds. The zero-order valence-corrected chi connectivity index (χ0v) is 13.7. The maximum absolute atomic E-state index is 11.8. The number of hydrogen-bond acceptors (Lipinski definition) is 1. The average molecular weight is 286 g/mol. The van der Waals surface area contributed by atoms with Crippen molar-refractivity contribution < 1.29 is 4.79 Å². The standard InChI is InChI=1S/C20H30O/c1-3-14-5-9-19-18-7-4-13-12-15(21)6-8-16(13)17(18)10-11-20(14,19)2/h3,13,16-19H,4-12H2,1-2H3/b14-3-/t13?,16?,17?,18-,19?,20-/m1/s1. The highest BCUT2D eigenvalue weighted by molar-refractivity contribution is 5.79. The van der Waals surface area contributed by atoms with Gasteiger partial charge in [0.25, 0.3) is 0 Å². The van der Waals surface area contributed by atoms with Gasteiger partial charge in [0.15, 0.2) is 0 Å². The van der Waals surface area contributed by atoms with Crippen LogP contribution in [-0.4, -0.2) is 5.78 Å². The summed E-state index contributed by atoms with van der Waals surface area (Å²) in [5.74, 6) is 5.05. The van der Waals surface area contributed by atoms with Gasteiger partial charge in [-0.25, -0.2) is 0 Å². The molecule has 0 spiro atoms. The van der Waals surface area contributed by atoms with Gasteiger partial charge in [-0.15, -0.1) is 0 Å². The normalized spacial score (nSPS) is 51.4. The number of Topliss-reactive ketones (excluding diaryl/α,β-unsaturated/α-hetero) is 1. The molecule has 4 aliphatic rings. The Hall–Kier alpha value is -0.590. The second-order valence-electron chi connectivity index (χ2n) is 8.53. The monoisotopic (exact) mass is 286 g/mol. The van der Waals surface area contributed by atoms with Crippen LogP contribution in [0.2, 0.25) is 0 Å². The smallest absolute Gasteiger partial charge is 0.133 e. The average Bonchev–Trinajstić information content (AvgIpc) is 2.83. The van der Waals surface area contributed by atoms with E-state index in [0.717, 1.165) is 42.4 Å². The second kappa shape index (κ2) is 4.96. The lowest BCUT2D eigenvalue weighted by atomic mass is 9.50. The van der Waals surface area contributed by atoms with Gasteiger partial charge >= 0.3 is 0 Å². The molecule has 0 N–H and O–H groups in total. The van der Waals surface area contributed by atoms with Crippen molar-refractivity contribution in [3.05, 3.63) is 11.6 Å². The van der Waals surface area contributed by atoms with Crippen molar-refractivity contribution in [1.82, 2.24) is 0 Å². The van der Waals surface area contributed by atoms with Gasteiger partial charge in [-0.2, -0.15) is 0 Å². The van der Waals surface area contributed by atoms with E-state index in [1.165, 1.54) is 44.9 Å². The Bertz CT molecular complexity index is 476. The van der Waals surface area contributed by atoms with E-state index >= 15 is 0 Å². The highest BCUT2D eigenvalue weighted by Gasteiger charge is 2.54. The Morgan fingerprint density at radius 1 is 1.00 bits per heavy atom. The third kappa shape index (κ3) is 1.99. The van der Waals surface area contributed by atoms with E-state index in [1.54, 1.807) is 5.57 Å². The molecule has 6 atom stereocenters. The SMILES string of the molecule is C/C=C1/CCC2[C@@H]3CCC4CC(=O)CCC4C3CC[C@]12C. The Kier molecular flexibility index (Phi) is 3.32. The first-order valence-electron chi connectivity index (χ1n) is 9.31. The predicted octanol–water partition coefficient (Wildman–Crippen LogP) is 5.15. The molecule has 0 bridgehead atoms. The van der Waals surface area contributed by atoms with Crippen molar-refractivity contribution in [2.45, 2.75) is 71.6 Å². The van der Waals surface area contributed by atoms with Crippen LogP contribution in [0.1, 0.15) is 71.6 Å². The molecule has 21 heavy (non-hydrogen) atoms. The van der Waals surface area contributed by atoms with Gasteiger partial charge in [0, 0.05) is 12.8 Å². The van der Waals surface area contributed by atoms with Crippen LogP contribution in [0.5, 0.6) is 0 Å². The van der Waals surface area contributed by atoms with Crippen LogP contribution in [-0.2, 0) is 4.79 Å². The number of carbonyl (C=O) groups excluding carboxylic acids is 1. The van der Waals surface area contributed by atoms with Crippen LogP contribution < -0.4 is 0 Å². The minimum Gasteiger partial charge on any atom is -0.300 e. The molecular formula is C20H30O. The van der Waals surface area contributed by atoms with E-state index in [0.29, 0.717) is 11.2 Å². The van der Waals surface area contributed by atoms with Gasteiger partial charge in [-0.05, 0) is 86.9 Å². The largest absolute Gasteiger partial charge is 0.300 e. The maximum Gasteiger partial charge on any atom is 0.133 e. The molecule has 116 valence electrons. The molecule has 0 aromatic heterocycles. The van der Waals surface area contributed by atoms with Crippen molar-refractivity contribution in [2.75, 3.05) is 0 Å². The van der Waals surface area contributed by atoms with Crippen LogP contribution in [0.3, 0.4) is 0 Å². The van der Waals surface area contributed by atoms with Crippen LogP contribution in [0.4, 0.5) is 0 Å². The van der Waals surface area contributed by atoms with Crippen molar-refractivity contribution in [3.63, 3.8) is 0 Å². The number of ketones is 1. The number of fused-ring (bicyclic) bond motifs is 5. The number of carbonyl (C=O) groups is 1. The van der Waals surface area contributed by atoms with Gasteiger partial charge in [0.2, 0.25) is 0 Å². The predicted molar refractivity (Wildman–Crippen MR) is 85.9 cm³/mol. The number of hydrogen-bond donors (Lipinski definition) is 0. The molecule has 0 heterocycles. The van der Waals surface area contributed by atoms with Crippen LogP contribution in [0.15, 0.2) is 11.6 Å². The lowest BCUT2D eigenvalue weighted by Gasteiger charge is -2.54. The molecule has 1 heteroatoms. The summed E-state index contributed by atoms with van der Waals surface area (Å²) in [5, 5.41) is 0. The van der Waals surface area contributed by atoms with E-state index < -0.39 is 0 Å². The molecule has 0 aromatic rings. The maximum atomic E-state index is 11.8. The van der Waals surface area contributed by atoms with Gasteiger partial charge in [-0.3, -0.25) is 4.79 Å². The zero-order valence-electron chi connectivity index (χ0n) is 13.7. The molecule has 4 unspecified atom stereocenters. The first-order chi connectivity index (χ1) is 10.1. The Morgan fingerprint density at radius 3 is 2.67 bits per heavy atom. The molecule has 0 saturated heterocycles. The summed E-state index contributed by atoms with van der Waals surface area (Å²) in [6.45, 7) is 4.81. The molecule has 4 fully saturated rings. The molecule has 0 aromatic carbocycles. The summed E-state index contributed by atoms with van der Waals surface area (Å²) in [5.41, 5.74) is 2.28. The van der Waals surface area contributed by atoms with Gasteiger partial charge in [-0.1, -0.05) is 18.6 Å². The van der Waals surface area contributed by atoms with Crippen LogP contribution in [0, 0.1) is 35.0 Å². The summed E-state index contributed by atoms with van der Waals surface area (Å²) < 4.78 is 0. The van der Waals surface area contributed by atoms with E-state index in [9.17, 15) is 4.79 Å². The highest BCUT2D eigenvalue weighted by atomic mass is 16.1. The highest BCUT2D eigenvalue weighted by Crippen LogP contribution is 2.63. The first-order valence-corrected chi connectivity index (χ1v) is 9.31. The third-order valence-electron chi connectivity index (χ3n) is 7.96. The Morgan fingerprint density at radius 2 is 1.86 bits per heavy atom. The summed E-state index contributed by atoms with van der Waals surface area (Å²) in [6.07, 6.45) is 13.8. The molecule has 4 aliphatic carbocycles. The Balaban J connectivity index is 1.59. The van der Waals surface area contributed by atoms with Crippen molar-refractivity contribution in [3.8, 4) is 0 Å². The minimum absolute atomic E-state index is 0.521. The lowest BCUT2D eigenvalue weighted by molar-refractivity contribution is -0.126. The van der Waals surface area contributed by atoms with E-state index in [4.69, 9.17) is 0 Å². The van der Waals surface area contributed by atoms with Gasteiger partial charge in [0.05, 0.1) is 0 Å². The van der Waals surface area contributed by atoms with Crippen molar-refractivity contribution in [2.24, 2.45) is 35.0 Å². The van der Waals surface area contributed by atoms with Crippen molar-refractivity contribution in [1.29, 1.82) is 0 Å². The molecule has 0 radical (unpaired) electrons.